The summed E-state index contributed by atoms with van der Waals surface area (Å²) in [5.74, 6) is -0.334. The molecule has 0 saturated carbocycles. The van der Waals surface area contributed by atoms with Crippen molar-refractivity contribution >= 4 is 5.91 Å². The molecule has 3 rings (SSSR count). The Morgan fingerprint density at radius 1 is 1.30 bits per heavy atom. The molecule has 0 spiro atoms. The van der Waals surface area contributed by atoms with Crippen molar-refractivity contribution in [2.45, 2.75) is 32.7 Å². The van der Waals surface area contributed by atoms with E-state index in [1.54, 1.807) is 4.90 Å². The van der Waals surface area contributed by atoms with Crippen molar-refractivity contribution in [2.24, 2.45) is 0 Å². The number of aromatic nitrogens is 3. The van der Waals surface area contributed by atoms with Gasteiger partial charge in [0.05, 0.1) is 11.6 Å². The van der Waals surface area contributed by atoms with Gasteiger partial charge < -0.3 is 4.90 Å². The van der Waals surface area contributed by atoms with Crippen molar-refractivity contribution in [3.8, 4) is 0 Å². The standard InChI is InChI=1S/C16H18F2N4O/c1-10-19-11(2)22(20-10)13-4-3-7-21(9-13)16(23)14-8-12(17)5-6-15(14)18/h5-6,8,13H,3-4,7,9H2,1-2H3/t13-/m0/s1. The van der Waals surface area contributed by atoms with Gasteiger partial charge in [0.2, 0.25) is 0 Å². The minimum atomic E-state index is -0.702. The molecule has 1 fully saturated rings. The second kappa shape index (κ2) is 6.06. The average molecular weight is 320 g/mol. The van der Waals surface area contributed by atoms with Crippen LogP contribution in [0.15, 0.2) is 18.2 Å². The summed E-state index contributed by atoms with van der Waals surface area (Å²) >= 11 is 0. The molecular formula is C16H18F2N4O. The van der Waals surface area contributed by atoms with Crippen LogP contribution in [-0.2, 0) is 0 Å². The molecule has 5 nitrogen and oxygen atoms in total. The zero-order chi connectivity index (χ0) is 16.6. The molecular weight excluding hydrogens is 302 g/mol. The molecule has 2 aromatic rings. The number of likely N-dealkylation sites (tertiary alicyclic amines) is 1. The zero-order valence-electron chi connectivity index (χ0n) is 13.1. The highest BCUT2D eigenvalue weighted by Gasteiger charge is 2.28. The quantitative estimate of drug-likeness (QED) is 0.855. The largest absolute Gasteiger partial charge is 0.336 e. The van der Waals surface area contributed by atoms with Gasteiger partial charge in [0.15, 0.2) is 0 Å². The third-order valence-corrected chi connectivity index (χ3v) is 4.10. The van der Waals surface area contributed by atoms with E-state index in [1.165, 1.54) is 0 Å². The summed E-state index contributed by atoms with van der Waals surface area (Å²) in [6.45, 7) is 4.63. The van der Waals surface area contributed by atoms with Gasteiger partial charge in [-0.3, -0.25) is 4.79 Å². The highest BCUT2D eigenvalue weighted by atomic mass is 19.1. The number of hydrogen-bond donors (Lipinski definition) is 0. The van der Waals surface area contributed by atoms with E-state index in [0.717, 1.165) is 36.9 Å². The van der Waals surface area contributed by atoms with Crippen LogP contribution < -0.4 is 0 Å². The molecule has 0 bridgehead atoms. The average Bonchev–Trinajstić information content (AvgIpc) is 2.88. The van der Waals surface area contributed by atoms with Gasteiger partial charge in [-0.1, -0.05) is 0 Å². The summed E-state index contributed by atoms with van der Waals surface area (Å²) in [6.07, 6.45) is 1.66. The summed E-state index contributed by atoms with van der Waals surface area (Å²) in [7, 11) is 0. The number of hydrogen-bond acceptors (Lipinski definition) is 3. The van der Waals surface area contributed by atoms with Crippen molar-refractivity contribution in [3.05, 3.63) is 47.0 Å². The van der Waals surface area contributed by atoms with E-state index in [-0.39, 0.29) is 11.6 Å². The molecule has 0 radical (unpaired) electrons. The molecule has 1 amide bonds. The molecule has 122 valence electrons. The van der Waals surface area contributed by atoms with Crippen molar-refractivity contribution in [1.29, 1.82) is 0 Å². The van der Waals surface area contributed by atoms with Gasteiger partial charge in [0.25, 0.3) is 5.91 Å². The molecule has 0 N–H and O–H groups in total. The minimum absolute atomic E-state index is 0.00511. The Bertz CT molecular complexity index is 744. The maximum absolute atomic E-state index is 13.8. The van der Waals surface area contributed by atoms with Gasteiger partial charge in [0, 0.05) is 13.1 Å². The van der Waals surface area contributed by atoms with Gasteiger partial charge in [-0.2, -0.15) is 5.10 Å². The van der Waals surface area contributed by atoms with E-state index in [1.807, 2.05) is 18.5 Å². The Morgan fingerprint density at radius 3 is 2.78 bits per heavy atom. The number of halogens is 2. The van der Waals surface area contributed by atoms with Crippen LogP contribution >= 0.6 is 0 Å². The topological polar surface area (TPSA) is 51.0 Å². The Morgan fingerprint density at radius 2 is 2.09 bits per heavy atom. The van der Waals surface area contributed by atoms with Gasteiger partial charge in [0.1, 0.15) is 23.3 Å². The molecule has 1 atom stereocenters. The molecule has 0 aliphatic carbocycles. The molecule has 1 aliphatic heterocycles. The second-order valence-electron chi connectivity index (χ2n) is 5.82. The van der Waals surface area contributed by atoms with Crippen LogP contribution in [0.1, 0.15) is 40.9 Å². The molecule has 23 heavy (non-hydrogen) atoms. The molecule has 1 aromatic carbocycles. The zero-order valence-corrected chi connectivity index (χ0v) is 13.1. The smallest absolute Gasteiger partial charge is 0.257 e. The first kappa shape index (κ1) is 15.6. The maximum atomic E-state index is 13.8. The highest BCUT2D eigenvalue weighted by molar-refractivity contribution is 5.94. The predicted molar refractivity (Wildman–Crippen MR) is 80.0 cm³/mol. The van der Waals surface area contributed by atoms with E-state index in [2.05, 4.69) is 10.1 Å². The lowest BCUT2D eigenvalue weighted by molar-refractivity contribution is 0.0666. The lowest BCUT2D eigenvalue weighted by atomic mass is 10.0. The van der Waals surface area contributed by atoms with Crippen molar-refractivity contribution < 1.29 is 13.6 Å². The number of amides is 1. The second-order valence-corrected chi connectivity index (χ2v) is 5.82. The first-order valence-corrected chi connectivity index (χ1v) is 7.60. The summed E-state index contributed by atoms with van der Waals surface area (Å²) in [5.41, 5.74) is -0.225. The SMILES string of the molecule is Cc1nc(C)n([C@H]2CCCN(C(=O)c3cc(F)ccc3F)C2)n1. The van der Waals surface area contributed by atoms with Crippen LogP contribution in [0.25, 0.3) is 0 Å². The summed E-state index contributed by atoms with van der Waals surface area (Å²) in [5, 5.41) is 4.37. The molecule has 2 heterocycles. The fraction of sp³-hybridized carbons (Fsp3) is 0.438. The van der Waals surface area contributed by atoms with Gasteiger partial charge >= 0.3 is 0 Å². The van der Waals surface area contributed by atoms with E-state index >= 15 is 0 Å². The number of nitrogens with zero attached hydrogens (tertiary/aromatic N) is 4. The van der Waals surface area contributed by atoms with E-state index in [9.17, 15) is 13.6 Å². The Hall–Kier alpha value is -2.31. The molecule has 7 heteroatoms. The van der Waals surface area contributed by atoms with Crippen LogP contribution in [-0.4, -0.2) is 38.7 Å². The number of benzene rings is 1. The Labute approximate surface area is 132 Å². The normalized spacial score (nSPS) is 18.3. The van der Waals surface area contributed by atoms with Crippen LogP contribution in [0.2, 0.25) is 0 Å². The van der Waals surface area contributed by atoms with Crippen molar-refractivity contribution in [2.75, 3.05) is 13.1 Å². The summed E-state index contributed by atoms with van der Waals surface area (Å²) in [6, 6.07) is 2.94. The lowest BCUT2D eigenvalue weighted by Crippen LogP contribution is -2.41. The van der Waals surface area contributed by atoms with Crippen LogP contribution in [0.3, 0.4) is 0 Å². The number of piperidine rings is 1. The van der Waals surface area contributed by atoms with Gasteiger partial charge in [-0.15, -0.1) is 0 Å². The Kier molecular flexibility index (Phi) is 4.11. The minimum Gasteiger partial charge on any atom is -0.336 e. The lowest BCUT2D eigenvalue weighted by Gasteiger charge is -2.33. The number of rotatable bonds is 2. The molecule has 1 aliphatic rings. The van der Waals surface area contributed by atoms with Crippen LogP contribution in [0.5, 0.6) is 0 Å². The maximum Gasteiger partial charge on any atom is 0.257 e. The first-order valence-electron chi connectivity index (χ1n) is 7.60. The van der Waals surface area contributed by atoms with E-state index in [0.29, 0.717) is 18.9 Å². The third kappa shape index (κ3) is 3.09. The van der Waals surface area contributed by atoms with Crippen molar-refractivity contribution in [1.82, 2.24) is 19.7 Å². The fourth-order valence-electron chi connectivity index (χ4n) is 3.05. The van der Waals surface area contributed by atoms with E-state index < -0.39 is 17.5 Å². The third-order valence-electron chi connectivity index (χ3n) is 4.10. The molecule has 0 unspecified atom stereocenters. The van der Waals surface area contributed by atoms with Crippen LogP contribution in [0, 0.1) is 25.5 Å². The number of aryl methyl sites for hydroxylation is 2. The van der Waals surface area contributed by atoms with Crippen LogP contribution in [0.4, 0.5) is 8.78 Å². The van der Waals surface area contributed by atoms with Gasteiger partial charge in [-0.25, -0.2) is 18.4 Å². The molecule has 1 aromatic heterocycles. The van der Waals surface area contributed by atoms with Gasteiger partial charge in [-0.05, 0) is 44.9 Å². The molecule has 1 saturated heterocycles. The number of carbonyl (C=O) groups is 1. The van der Waals surface area contributed by atoms with Crippen molar-refractivity contribution in [3.63, 3.8) is 0 Å². The summed E-state index contributed by atoms with van der Waals surface area (Å²) < 4.78 is 28.9. The monoisotopic (exact) mass is 320 g/mol. The highest BCUT2D eigenvalue weighted by Crippen LogP contribution is 2.24. The Balaban J connectivity index is 1.82. The predicted octanol–water partition coefficient (Wildman–Crippen LogP) is 2.65. The number of carbonyl (C=O) groups excluding carboxylic acids is 1. The first-order chi connectivity index (χ1) is 11.0. The summed E-state index contributed by atoms with van der Waals surface area (Å²) in [4.78, 5) is 18.4. The fourth-order valence-corrected chi connectivity index (χ4v) is 3.05. The van der Waals surface area contributed by atoms with E-state index in [4.69, 9.17) is 0 Å².